The fraction of sp³-hybridized carbons (Fsp3) is 0.483. The molecule has 0 bridgehead atoms. The van der Waals surface area contributed by atoms with Crippen LogP contribution in [0.3, 0.4) is 0 Å². The van der Waals surface area contributed by atoms with Crippen molar-refractivity contribution in [1.82, 2.24) is 15.2 Å². The maximum absolute atomic E-state index is 13.5. The van der Waals surface area contributed by atoms with E-state index in [4.69, 9.17) is 32.0 Å². The van der Waals surface area contributed by atoms with Gasteiger partial charge < -0.3 is 20.9 Å². The van der Waals surface area contributed by atoms with Gasteiger partial charge in [-0.15, -0.1) is 0 Å². The third-order valence-electron chi connectivity index (χ3n) is 7.38. The van der Waals surface area contributed by atoms with Gasteiger partial charge in [0.05, 0.1) is 29.1 Å². The van der Waals surface area contributed by atoms with E-state index in [9.17, 15) is 22.8 Å². The lowest BCUT2D eigenvalue weighted by molar-refractivity contribution is -0.192. The minimum atomic E-state index is -5.08. The number of aliphatic carboxylic acids is 1. The lowest BCUT2D eigenvalue weighted by atomic mass is 9.89. The number of ether oxygens (including phenoxy) is 1. The van der Waals surface area contributed by atoms with Crippen LogP contribution < -0.4 is 15.8 Å². The number of alkyl halides is 3. The topological polar surface area (TPSA) is 147 Å². The first-order valence-electron chi connectivity index (χ1n) is 13.5. The second kappa shape index (κ2) is 11.7. The number of carbonyl (C=O) groups is 3. The summed E-state index contributed by atoms with van der Waals surface area (Å²) < 4.78 is 37.8. The predicted octanol–water partition coefficient (Wildman–Crippen LogP) is 4.79. The van der Waals surface area contributed by atoms with Gasteiger partial charge in [0.2, 0.25) is 11.8 Å². The lowest BCUT2D eigenvalue weighted by Gasteiger charge is -2.38. The Morgan fingerprint density at radius 1 is 1.21 bits per heavy atom. The van der Waals surface area contributed by atoms with E-state index in [0.29, 0.717) is 17.9 Å². The van der Waals surface area contributed by atoms with E-state index in [0.717, 1.165) is 16.9 Å². The summed E-state index contributed by atoms with van der Waals surface area (Å²) in [6.45, 7) is 7.81. The number of nitrogens with one attached hydrogen (secondary N) is 1. The molecule has 0 saturated heterocycles. The number of aromatic nitrogens is 1. The number of para-hydroxylation sites is 1. The van der Waals surface area contributed by atoms with Gasteiger partial charge in [-0.05, 0) is 57.7 Å². The molecular formula is C29H33ClF3N5O5. The van der Waals surface area contributed by atoms with Crippen molar-refractivity contribution >= 4 is 35.3 Å². The molecule has 14 heteroatoms. The third-order valence-corrected chi connectivity index (χ3v) is 7.59. The average Bonchev–Trinajstić information content (AvgIpc) is 3.65. The first kappa shape index (κ1) is 32.1. The third kappa shape index (κ3) is 7.56. The number of carboxylic acids is 1. The van der Waals surface area contributed by atoms with Crippen molar-refractivity contribution in [1.29, 1.82) is 0 Å². The second-order valence-electron chi connectivity index (χ2n) is 12.1. The summed E-state index contributed by atoms with van der Waals surface area (Å²) in [7, 11) is 0. The molecular weight excluding hydrogens is 591 g/mol. The van der Waals surface area contributed by atoms with E-state index < -0.39 is 29.3 Å². The molecule has 232 valence electrons. The highest BCUT2D eigenvalue weighted by Crippen LogP contribution is 2.52. The lowest BCUT2D eigenvalue weighted by Crippen LogP contribution is -2.52. The summed E-state index contributed by atoms with van der Waals surface area (Å²) in [6, 6.07) is 8.96. The minimum absolute atomic E-state index is 0.0437. The van der Waals surface area contributed by atoms with Crippen molar-refractivity contribution < 1.29 is 37.4 Å². The van der Waals surface area contributed by atoms with Crippen LogP contribution in [0.5, 0.6) is 5.75 Å². The zero-order valence-corrected chi connectivity index (χ0v) is 24.7. The van der Waals surface area contributed by atoms with Gasteiger partial charge >= 0.3 is 12.1 Å². The molecule has 1 aliphatic carbocycles. The summed E-state index contributed by atoms with van der Waals surface area (Å²) in [5, 5.41) is 10.8. The van der Waals surface area contributed by atoms with Crippen LogP contribution in [-0.4, -0.2) is 56.0 Å². The Morgan fingerprint density at radius 3 is 2.47 bits per heavy atom. The summed E-state index contributed by atoms with van der Waals surface area (Å²) in [6.07, 6.45) is -0.342. The van der Waals surface area contributed by atoms with Gasteiger partial charge in [0.25, 0.3) is 0 Å². The SMILES string of the molecule is CC1(C)CC(=O)N(C(c2cncc(Cl)c2)[C@@H]2C[C@H]2C(=O)N[C@H]2CC(C)(C)Oc3ccccc32)C(N)=N1.O=C(O)C(F)(F)F. The zero-order chi connectivity index (χ0) is 31.9. The van der Waals surface area contributed by atoms with Gasteiger partial charge in [-0.25, -0.2) is 9.79 Å². The van der Waals surface area contributed by atoms with Gasteiger partial charge in [-0.2, -0.15) is 13.2 Å². The van der Waals surface area contributed by atoms with Crippen molar-refractivity contribution in [3.8, 4) is 5.75 Å². The molecule has 1 saturated carbocycles. The number of nitrogens with two attached hydrogens (primary N) is 1. The zero-order valence-electron chi connectivity index (χ0n) is 24.0. The van der Waals surface area contributed by atoms with E-state index in [1.165, 1.54) is 4.90 Å². The Balaban J connectivity index is 0.000000541. The van der Waals surface area contributed by atoms with Crippen LogP contribution in [0.2, 0.25) is 5.02 Å². The fourth-order valence-electron chi connectivity index (χ4n) is 5.54. The van der Waals surface area contributed by atoms with Gasteiger partial charge in [0.1, 0.15) is 11.4 Å². The Morgan fingerprint density at radius 2 is 1.86 bits per heavy atom. The Bertz CT molecular complexity index is 1450. The second-order valence-corrected chi connectivity index (χ2v) is 12.5. The Hall–Kier alpha value is -3.87. The molecule has 0 spiro atoms. The molecule has 3 heterocycles. The number of guanidine groups is 1. The van der Waals surface area contributed by atoms with Crippen molar-refractivity contribution in [2.75, 3.05) is 0 Å². The first-order chi connectivity index (χ1) is 19.9. The van der Waals surface area contributed by atoms with Gasteiger partial charge in [0.15, 0.2) is 5.96 Å². The van der Waals surface area contributed by atoms with Gasteiger partial charge in [-0.3, -0.25) is 19.5 Å². The van der Waals surface area contributed by atoms with Crippen LogP contribution in [-0.2, 0) is 14.4 Å². The molecule has 2 amide bonds. The number of hydrogen-bond donors (Lipinski definition) is 3. The molecule has 10 nitrogen and oxygen atoms in total. The normalized spacial score (nSPS) is 24.3. The number of nitrogens with zero attached hydrogens (tertiary/aromatic N) is 3. The Kier molecular flexibility index (Phi) is 8.70. The number of hydrogen-bond acceptors (Lipinski definition) is 7. The van der Waals surface area contributed by atoms with E-state index in [-0.39, 0.29) is 42.1 Å². The van der Waals surface area contributed by atoms with E-state index in [1.807, 2.05) is 52.0 Å². The monoisotopic (exact) mass is 623 g/mol. The molecule has 1 fully saturated rings. The summed E-state index contributed by atoms with van der Waals surface area (Å²) >= 11 is 6.25. The van der Waals surface area contributed by atoms with Gasteiger partial charge in [0, 0.05) is 30.3 Å². The first-order valence-corrected chi connectivity index (χ1v) is 13.9. The predicted molar refractivity (Wildman–Crippen MR) is 151 cm³/mol. The molecule has 4 N–H and O–H groups in total. The highest BCUT2D eigenvalue weighted by atomic mass is 35.5. The summed E-state index contributed by atoms with van der Waals surface area (Å²) in [5.41, 5.74) is 7.07. The van der Waals surface area contributed by atoms with Crippen LogP contribution in [0.15, 0.2) is 47.7 Å². The van der Waals surface area contributed by atoms with Crippen LogP contribution in [0.25, 0.3) is 0 Å². The number of amides is 2. The van der Waals surface area contributed by atoms with Gasteiger partial charge in [-0.1, -0.05) is 29.8 Å². The quantitative estimate of drug-likeness (QED) is 0.434. The van der Waals surface area contributed by atoms with Crippen LogP contribution in [0.4, 0.5) is 13.2 Å². The smallest absolute Gasteiger partial charge is 0.487 e. The standard InChI is InChI=1S/C27H32ClN5O3.C2HF3O2/c1-26(2)12-22(34)33(25(29)32-26)23(15-9-16(28)14-30-13-15)18-10-19(18)24(35)31-20-11-27(3,4)36-21-8-6-5-7-17(20)21;3-2(4,5)1(6)7/h5-9,13-14,18-20,23H,10-12H2,1-4H3,(H2,29,32)(H,31,35);(H,6,7)/t18-,19-,20+,23?;/m1./s1. The molecule has 2 aromatic rings. The number of aliphatic imine (C=N–C) groups is 1. The summed E-state index contributed by atoms with van der Waals surface area (Å²) in [4.78, 5) is 46.0. The highest BCUT2D eigenvalue weighted by Gasteiger charge is 2.53. The van der Waals surface area contributed by atoms with Crippen molar-refractivity contribution in [2.24, 2.45) is 22.6 Å². The van der Waals surface area contributed by atoms with Crippen LogP contribution in [0.1, 0.15) is 70.2 Å². The molecule has 1 aromatic heterocycles. The molecule has 4 atom stereocenters. The van der Waals surface area contributed by atoms with Crippen molar-refractivity contribution in [2.45, 2.75) is 76.4 Å². The van der Waals surface area contributed by atoms with E-state index in [2.05, 4.69) is 15.3 Å². The van der Waals surface area contributed by atoms with E-state index in [1.54, 1.807) is 18.5 Å². The van der Waals surface area contributed by atoms with E-state index >= 15 is 0 Å². The van der Waals surface area contributed by atoms with Crippen LogP contribution in [0, 0.1) is 11.8 Å². The maximum atomic E-state index is 13.5. The minimum Gasteiger partial charge on any atom is -0.487 e. The van der Waals surface area contributed by atoms with Crippen LogP contribution >= 0.6 is 11.6 Å². The maximum Gasteiger partial charge on any atom is 0.490 e. The average molecular weight is 624 g/mol. The molecule has 1 aromatic carbocycles. The molecule has 1 unspecified atom stereocenters. The molecule has 0 radical (unpaired) electrons. The number of fused-ring (bicyclic) bond motifs is 1. The molecule has 2 aliphatic heterocycles. The Labute approximate surface area is 251 Å². The van der Waals surface area contributed by atoms with Crippen molar-refractivity contribution in [3.05, 3.63) is 58.9 Å². The number of benzene rings is 1. The number of carboxylic acid groups (broad SMARTS) is 1. The number of rotatable bonds is 5. The van der Waals surface area contributed by atoms with Crippen molar-refractivity contribution in [3.63, 3.8) is 0 Å². The number of carbonyl (C=O) groups excluding carboxylic acids is 2. The summed E-state index contributed by atoms with van der Waals surface area (Å²) in [5.74, 6) is -2.38. The molecule has 43 heavy (non-hydrogen) atoms. The number of pyridine rings is 1. The number of halogens is 4. The fourth-order valence-corrected chi connectivity index (χ4v) is 5.72. The highest BCUT2D eigenvalue weighted by molar-refractivity contribution is 6.30. The molecule has 5 rings (SSSR count). The largest absolute Gasteiger partial charge is 0.490 e. The molecule has 3 aliphatic rings.